The fraction of sp³-hybridized carbons (Fsp3) is 0.375. The van der Waals surface area contributed by atoms with Crippen LogP contribution in [0.4, 0.5) is 18.9 Å². The first-order valence-corrected chi connectivity index (χ1v) is 7.56. The van der Waals surface area contributed by atoms with Gasteiger partial charge in [0.25, 0.3) is 0 Å². The lowest BCUT2D eigenvalue weighted by molar-refractivity contribution is -0.138. The molecule has 0 bridgehead atoms. The molecule has 0 amide bonds. The normalized spacial score (nSPS) is 18.3. The SMILES string of the molecule is C=NN1C(=C)c2c(ccc(C(F)(F)F)c2C)N=C1N1CCNCC1. The number of halogens is 3. The van der Waals surface area contributed by atoms with Crippen LogP contribution in [0.1, 0.15) is 16.7 Å². The zero-order valence-corrected chi connectivity index (χ0v) is 13.3. The molecular formula is C16H18F3N5. The van der Waals surface area contributed by atoms with Crippen molar-refractivity contribution in [2.24, 2.45) is 10.1 Å². The molecule has 1 saturated heterocycles. The molecule has 0 atom stereocenters. The maximum Gasteiger partial charge on any atom is 0.416 e. The standard InChI is InChI=1S/C16H18F3N5/c1-10-12(16(17,18)19)4-5-13-14(10)11(2)24(20-3)15(22-13)23-8-6-21-7-9-23/h4-5,21H,2-3,6-9H2,1H3. The van der Waals surface area contributed by atoms with Gasteiger partial charge in [-0.1, -0.05) is 6.58 Å². The molecule has 0 aromatic heterocycles. The Morgan fingerprint density at radius 1 is 1.25 bits per heavy atom. The monoisotopic (exact) mass is 337 g/mol. The van der Waals surface area contributed by atoms with Crippen LogP contribution in [-0.2, 0) is 6.18 Å². The van der Waals surface area contributed by atoms with Crippen LogP contribution in [0.3, 0.4) is 0 Å². The van der Waals surface area contributed by atoms with Gasteiger partial charge < -0.3 is 10.2 Å². The average molecular weight is 337 g/mol. The van der Waals surface area contributed by atoms with E-state index in [1.165, 1.54) is 18.0 Å². The summed E-state index contributed by atoms with van der Waals surface area (Å²) in [5.41, 5.74) is 0.594. The summed E-state index contributed by atoms with van der Waals surface area (Å²) in [7, 11) is 0. The maximum atomic E-state index is 13.2. The predicted molar refractivity (Wildman–Crippen MR) is 88.1 cm³/mol. The topological polar surface area (TPSA) is 43.2 Å². The molecule has 5 nitrogen and oxygen atoms in total. The van der Waals surface area contributed by atoms with Crippen molar-refractivity contribution < 1.29 is 13.2 Å². The molecule has 2 heterocycles. The summed E-state index contributed by atoms with van der Waals surface area (Å²) in [5, 5.41) is 8.59. The second-order valence-corrected chi connectivity index (χ2v) is 5.68. The number of nitrogens with zero attached hydrogens (tertiary/aromatic N) is 4. The molecule has 0 aliphatic carbocycles. The highest BCUT2D eigenvalue weighted by Gasteiger charge is 2.36. The molecule has 128 valence electrons. The lowest BCUT2D eigenvalue weighted by Crippen LogP contribution is -2.51. The molecular weight excluding hydrogens is 319 g/mol. The van der Waals surface area contributed by atoms with Crippen LogP contribution in [0, 0.1) is 6.92 Å². The van der Waals surface area contributed by atoms with Crippen molar-refractivity contribution in [3.05, 3.63) is 35.4 Å². The highest BCUT2D eigenvalue weighted by molar-refractivity contribution is 5.97. The second kappa shape index (κ2) is 5.94. The number of piperazine rings is 1. The smallest absolute Gasteiger partial charge is 0.338 e. The summed E-state index contributed by atoms with van der Waals surface area (Å²) in [6, 6.07) is 2.45. The zero-order chi connectivity index (χ0) is 17.5. The number of guanidine groups is 1. The van der Waals surface area contributed by atoms with Crippen molar-refractivity contribution in [2.45, 2.75) is 13.1 Å². The van der Waals surface area contributed by atoms with Crippen LogP contribution in [0.15, 0.2) is 28.8 Å². The first kappa shape index (κ1) is 16.5. The van der Waals surface area contributed by atoms with E-state index in [4.69, 9.17) is 0 Å². The Morgan fingerprint density at radius 3 is 2.50 bits per heavy atom. The number of hydrogen-bond donors (Lipinski definition) is 1. The minimum atomic E-state index is -4.42. The van der Waals surface area contributed by atoms with E-state index in [9.17, 15) is 13.2 Å². The predicted octanol–water partition coefficient (Wildman–Crippen LogP) is 2.81. The molecule has 1 aromatic carbocycles. The molecule has 8 heteroatoms. The molecule has 1 aromatic rings. The minimum absolute atomic E-state index is 0.0989. The van der Waals surface area contributed by atoms with Crippen LogP contribution in [0.25, 0.3) is 5.70 Å². The van der Waals surface area contributed by atoms with E-state index < -0.39 is 11.7 Å². The second-order valence-electron chi connectivity index (χ2n) is 5.68. The van der Waals surface area contributed by atoms with Crippen LogP contribution >= 0.6 is 0 Å². The van der Waals surface area contributed by atoms with E-state index >= 15 is 0 Å². The number of nitrogens with one attached hydrogen (secondary N) is 1. The first-order chi connectivity index (χ1) is 11.3. The van der Waals surface area contributed by atoms with Crippen LogP contribution in [0.5, 0.6) is 0 Å². The average Bonchev–Trinajstić information content (AvgIpc) is 2.54. The van der Waals surface area contributed by atoms with Crippen molar-refractivity contribution in [1.82, 2.24) is 15.2 Å². The Balaban J connectivity index is 2.12. The van der Waals surface area contributed by atoms with E-state index in [0.29, 0.717) is 22.9 Å². The number of benzene rings is 1. The van der Waals surface area contributed by atoms with E-state index in [1.54, 1.807) is 0 Å². The lowest BCUT2D eigenvalue weighted by atomic mass is 9.97. The molecule has 0 radical (unpaired) electrons. The summed E-state index contributed by atoms with van der Waals surface area (Å²) in [4.78, 5) is 6.55. The summed E-state index contributed by atoms with van der Waals surface area (Å²) in [5.74, 6) is 0.545. The molecule has 0 saturated carbocycles. The van der Waals surface area contributed by atoms with Crippen molar-refractivity contribution in [3.8, 4) is 0 Å². The summed E-state index contributed by atoms with van der Waals surface area (Å²) >= 11 is 0. The van der Waals surface area contributed by atoms with Gasteiger partial charge >= 0.3 is 6.18 Å². The summed E-state index contributed by atoms with van der Waals surface area (Å²) < 4.78 is 39.5. The molecule has 1 N–H and O–H groups in total. The van der Waals surface area contributed by atoms with Gasteiger partial charge in [-0.05, 0) is 24.6 Å². The van der Waals surface area contributed by atoms with Crippen molar-refractivity contribution in [3.63, 3.8) is 0 Å². The highest BCUT2D eigenvalue weighted by atomic mass is 19.4. The third-order valence-electron chi connectivity index (χ3n) is 4.24. The van der Waals surface area contributed by atoms with Gasteiger partial charge in [-0.15, -0.1) is 0 Å². The lowest BCUT2D eigenvalue weighted by Gasteiger charge is -2.37. The third-order valence-corrected chi connectivity index (χ3v) is 4.24. The molecule has 2 aliphatic heterocycles. The molecule has 0 unspecified atom stereocenters. The van der Waals surface area contributed by atoms with Crippen LogP contribution in [0.2, 0.25) is 0 Å². The quantitative estimate of drug-likeness (QED) is 0.802. The highest BCUT2D eigenvalue weighted by Crippen LogP contribution is 2.42. The van der Waals surface area contributed by atoms with Gasteiger partial charge in [0.1, 0.15) is 0 Å². The van der Waals surface area contributed by atoms with Crippen LogP contribution in [-0.4, -0.2) is 48.8 Å². The van der Waals surface area contributed by atoms with Gasteiger partial charge in [0.05, 0.1) is 16.9 Å². The number of hydrogen-bond acceptors (Lipinski definition) is 5. The molecule has 3 rings (SSSR count). The molecule has 24 heavy (non-hydrogen) atoms. The van der Waals surface area contributed by atoms with E-state index in [1.807, 2.05) is 4.90 Å². The molecule has 0 spiro atoms. The van der Waals surface area contributed by atoms with Gasteiger partial charge in [-0.3, -0.25) is 0 Å². The van der Waals surface area contributed by atoms with Gasteiger partial charge in [0.2, 0.25) is 5.96 Å². The zero-order valence-electron chi connectivity index (χ0n) is 13.3. The first-order valence-electron chi connectivity index (χ1n) is 7.56. The van der Waals surface area contributed by atoms with Gasteiger partial charge in [-0.2, -0.15) is 18.3 Å². The van der Waals surface area contributed by atoms with E-state index in [0.717, 1.165) is 32.2 Å². The minimum Gasteiger partial charge on any atom is -0.338 e. The van der Waals surface area contributed by atoms with E-state index in [2.05, 4.69) is 28.7 Å². The van der Waals surface area contributed by atoms with Crippen molar-refractivity contribution in [2.75, 3.05) is 26.2 Å². The number of hydrazone groups is 1. The summed E-state index contributed by atoms with van der Waals surface area (Å²) in [6.07, 6.45) is -4.42. The molecule has 1 fully saturated rings. The Bertz CT molecular complexity index is 717. The summed E-state index contributed by atoms with van der Waals surface area (Å²) in [6.45, 7) is 12.0. The number of fused-ring (bicyclic) bond motifs is 1. The van der Waals surface area contributed by atoms with Gasteiger partial charge in [0, 0.05) is 38.5 Å². The Morgan fingerprint density at radius 2 is 1.92 bits per heavy atom. The number of rotatable bonds is 1. The molecule has 2 aliphatic rings. The number of alkyl halides is 3. The Hall–Kier alpha value is -2.35. The largest absolute Gasteiger partial charge is 0.416 e. The fourth-order valence-electron chi connectivity index (χ4n) is 3.06. The Kier molecular flexibility index (Phi) is 4.08. The Labute approximate surface area is 138 Å². The van der Waals surface area contributed by atoms with Gasteiger partial charge in [-0.25, -0.2) is 10.0 Å². The van der Waals surface area contributed by atoms with Gasteiger partial charge in [0.15, 0.2) is 0 Å². The van der Waals surface area contributed by atoms with E-state index in [-0.39, 0.29) is 5.56 Å². The van der Waals surface area contributed by atoms with Crippen molar-refractivity contribution in [1.29, 1.82) is 0 Å². The fourth-order valence-corrected chi connectivity index (χ4v) is 3.06. The number of aliphatic imine (C=N–C) groups is 1. The third kappa shape index (κ3) is 2.66. The van der Waals surface area contributed by atoms with Crippen LogP contribution < -0.4 is 5.32 Å². The maximum absolute atomic E-state index is 13.2. The van der Waals surface area contributed by atoms with Crippen molar-refractivity contribution >= 4 is 24.1 Å².